The molecule has 1 amide bonds. The highest BCUT2D eigenvalue weighted by atomic mass is 35.5. The van der Waals surface area contributed by atoms with Crippen LogP contribution < -0.4 is 15.4 Å². The molecule has 1 atom stereocenters. The van der Waals surface area contributed by atoms with Crippen molar-refractivity contribution in [2.75, 3.05) is 23.4 Å². The SMILES string of the molecule is Cl.O=C(CC1CSCCN1)Nc1ccccc1OC1CCCC1. The van der Waals surface area contributed by atoms with Gasteiger partial charge in [-0.1, -0.05) is 12.1 Å². The van der Waals surface area contributed by atoms with E-state index in [0.29, 0.717) is 12.5 Å². The van der Waals surface area contributed by atoms with Crippen molar-refractivity contribution < 1.29 is 9.53 Å². The van der Waals surface area contributed by atoms with Gasteiger partial charge in [-0.2, -0.15) is 11.8 Å². The number of rotatable bonds is 5. The topological polar surface area (TPSA) is 50.4 Å². The van der Waals surface area contributed by atoms with Crippen LogP contribution in [-0.4, -0.2) is 36.1 Å². The van der Waals surface area contributed by atoms with Crippen molar-refractivity contribution in [1.82, 2.24) is 5.32 Å². The number of hydrogen-bond acceptors (Lipinski definition) is 4. The Morgan fingerprint density at radius 1 is 1.30 bits per heavy atom. The van der Waals surface area contributed by atoms with E-state index in [-0.39, 0.29) is 24.4 Å². The first-order chi connectivity index (χ1) is 10.8. The second-order valence-corrected chi connectivity index (χ2v) is 7.15. The third-order valence-corrected chi connectivity index (χ3v) is 5.32. The molecular formula is C17H25ClN2O2S. The van der Waals surface area contributed by atoms with Crippen molar-refractivity contribution >= 4 is 35.8 Å². The molecule has 2 N–H and O–H groups in total. The second-order valence-electron chi connectivity index (χ2n) is 6.00. The molecule has 4 nitrogen and oxygen atoms in total. The molecule has 0 radical (unpaired) electrons. The first-order valence-electron chi connectivity index (χ1n) is 8.18. The molecule has 128 valence electrons. The van der Waals surface area contributed by atoms with Crippen LogP contribution in [-0.2, 0) is 4.79 Å². The lowest BCUT2D eigenvalue weighted by Crippen LogP contribution is -2.39. The molecule has 1 saturated carbocycles. The number of carbonyl (C=O) groups excluding carboxylic acids is 1. The quantitative estimate of drug-likeness (QED) is 0.848. The van der Waals surface area contributed by atoms with Crippen molar-refractivity contribution in [3.63, 3.8) is 0 Å². The molecule has 23 heavy (non-hydrogen) atoms. The minimum Gasteiger partial charge on any atom is -0.488 e. The number of benzene rings is 1. The first-order valence-corrected chi connectivity index (χ1v) is 9.33. The third-order valence-electron chi connectivity index (χ3n) is 4.19. The maximum Gasteiger partial charge on any atom is 0.226 e. The van der Waals surface area contributed by atoms with Crippen molar-refractivity contribution in [2.24, 2.45) is 0 Å². The van der Waals surface area contributed by atoms with Gasteiger partial charge in [0.15, 0.2) is 0 Å². The van der Waals surface area contributed by atoms with Crippen LogP contribution in [0.25, 0.3) is 0 Å². The first kappa shape index (κ1) is 18.4. The number of nitrogens with one attached hydrogen (secondary N) is 2. The highest BCUT2D eigenvalue weighted by Gasteiger charge is 2.20. The normalized spacial score (nSPS) is 21.5. The van der Waals surface area contributed by atoms with E-state index in [2.05, 4.69) is 10.6 Å². The van der Waals surface area contributed by atoms with Crippen molar-refractivity contribution in [3.05, 3.63) is 24.3 Å². The fourth-order valence-electron chi connectivity index (χ4n) is 3.03. The highest BCUT2D eigenvalue weighted by Crippen LogP contribution is 2.29. The third kappa shape index (κ3) is 5.59. The van der Waals surface area contributed by atoms with Gasteiger partial charge in [-0.3, -0.25) is 4.79 Å². The molecule has 1 aromatic rings. The summed E-state index contributed by atoms with van der Waals surface area (Å²) in [5, 5.41) is 6.41. The van der Waals surface area contributed by atoms with Crippen LogP contribution in [0.1, 0.15) is 32.1 Å². The van der Waals surface area contributed by atoms with Crippen molar-refractivity contribution in [3.8, 4) is 5.75 Å². The Morgan fingerprint density at radius 2 is 2.09 bits per heavy atom. The standard InChI is InChI=1S/C17H24N2O2S.ClH/c20-17(11-13-12-22-10-9-18-13)19-15-7-3-4-8-16(15)21-14-5-1-2-6-14;/h3-4,7-8,13-14,18H,1-2,5-6,9-12H2,(H,19,20);1H. The predicted molar refractivity (Wildman–Crippen MR) is 98.9 cm³/mol. The molecule has 0 bridgehead atoms. The van der Waals surface area contributed by atoms with Gasteiger partial charge in [0.25, 0.3) is 0 Å². The van der Waals surface area contributed by atoms with Crippen LogP contribution >= 0.6 is 24.2 Å². The van der Waals surface area contributed by atoms with E-state index in [1.54, 1.807) is 0 Å². The van der Waals surface area contributed by atoms with Gasteiger partial charge in [0.1, 0.15) is 5.75 Å². The number of hydrogen-bond donors (Lipinski definition) is 2. The van der Waals surface area contributed by atoms with Gasteiger partial charge < -0.3 is 15.4 Å². The summed E-state index contributed by atoms with van der Waals surface area (Å²) in [7, 11) is 0. The van der Waals surface area contributed by atoms with Crippen LogP contribution in [0.2, 0.25) is 0 Å². The van der Waals surface area contributed by atoms with Crippen molar-refractivity contribution in [1.29, 1.82) is 0 Å². The number of anilines is 1. The molecule has 1 aliphatic carbocycles. The van der Waals surface area contributed by atoms with Crippen LogP contribution in [0, 0.1) is 0 Å². The zero-order chi connectivity index (χ0) is 15.2. The lowest BCUT2D eigenvalue weighted by Gasteiger charge is -2.23. The van der Waals surface area contributed by atoms with Gasteiger partial charge in [0.2, 0.25) is 5.91 Å². The molecule has 0 spiro atoms. The Labute approximate surface area is 148 Å². The van der Waals surface area contributed by atoms with Crippen molar-refractivity contribution in [2.45, 2.75) is 44.2 Å². The minimum atomic E-state index is 0. The molecule has 0 aromatic heterocycles. The Balaban J connectivity index is 0.00000192. The summed E-state index contributed by atoms with van der Waals surface area (Å²) in [5.74, 6) is 3.00. The van der Waals surface area contributed by atoms with E-state index < -0.39 is 0 Å². The molecule has 2 fully saturated rings. The van der Waals surface area contributed by atoms with E-state index in [1.165, 1.54) is 12.8 Å². The van der Waals surface area contributed by atoms with E-state index in [9.17, 15) is 4.79 Å². The molecule has 3 rings (SSSR count). The number of thioether (sulfide) groups is 1. The predicted octanol–water partition coefficient (Wildman–Crippen LogP) is 3.46. The average Bonchev–Trinajstić information content (AvgIpc) is 3.03. The zero-order valence-corrected chi connectivity index (χ0v) is 14.9. The van der Waals surface area contributed by atoms with Gasteiger partial charge in [-0.15, -0.1) is 12.4 Å². The van der Waals surface area contributed by atoms with Gasteiger partial charge in [-0.25, -0.2) is 0 Å². The summed E-state index contributed by atoms with van der Waals surface area (Å²) in [6.07, 6.45) is 5.53. The number of carbonyl (C=O) groups is 1. The van der Waals surface area contributed by atoms with Crippen LogP contribution in [0.3, 0.4) is 0 Å². The molecule has 1 heterocycles. The summed E-state index contributed by atoms with van der Waals surface area (Å²) >= 11 is 1.91. The highest BCUT2D eigenvalue weighted by molar-refractivity contribution is 7.99. The summed E-state index contributed by atoms with van der Waals surface area (Å²) in [6.45, 7) is 0.990. The molecule has 1 aromatic carbocycles. The molecule has 6 heteroatoms. The average molecular weight is 357 g/mol. The van der Waals surface area contributed by atoms with Crippen LogP contribution in [0.5, 0.6) is 5.75 Å². The summed E-state index contributed by atoms with van der Waals surface area (Å²) in [4.78, 5) is 12.3. The Hall–Kier alpha value is -0.910. The summed E-state index contributed by atoms with van der Waals surface area (Å²) in [6, 6.07) is 8.04. The number of halogens is 1. The van der Waals surface area contributed by atoms with Crippen LogP contribution in [0.4, 0.5) is 5.69 Å². The fraction of sp³-hybridized carbons (Fsp3) is 0.588. The van der Waals surface area contributed by atoms with Gasteiger partial charge in [-0.05, 0) is 37.8 Å². The largest absolute Gasteiger partial charge is 0.488 e. The van der Waals surface area contributed by atoms with E-state index in [0.717, 1.165) is 42.3 Å². The fourth-order valence-corrected chi connectivity index (χ4v) is 3.98. The van der Waals surface area contributed by atoms with Gasteiger partial charge in [0.05, 0.1) is 11.8 Å². The van der Waals surface area contributed by atoms with E-state index in [4.69, 9.17) is 4.74 Å². The van der Waals surface area contributed by atoms with Gasteiger partial charge in [0, 0.05) is 30.5 Å². The van der Waals surface area contributed by atoms with Crippen LogP contribution in [0.15, 0.2) is 24.3 Å². The maximum atomic E-state index is 12.3. The molecule has 1 unspecified atom stereocenters. The molecule has 1 aliphatic heterocycles. The second kappa shape index (κ2) is 9.40. The zero-order valence-electron chi connectivity index (χ0n) is 13.3. The van der Waals surface area contributed by atoms with Gasteiger partial charge >= 0.3 is 0 Å². The minimum absolute atomic E-state index is 0. The maximum absolute atomic E-state index is 12.3. The summed E-state index contributed by atoms with van der Waals surface area (Å²) < 4.78 is 6.06. The monoisotopic (exact) mass is 356 g/mol. The summed E-state index contributed by atoms with van der Waals surface area (Å²) in [5.41, 5.74) is 0.794. The van der Waals surface area contributed by atoms with E-state index in [1.807, 2.05) is 36.0 Å². The number of para-hydroxylation sites is 2. The molecule has 2 aliphatic rings. The molecule has 1 saturated heterocycles. The Kier molecular flexibility index (Phi) is 7.53. The lowest BCUT2D eigenvalue weighted by molar-refractivity contribution is -0.116. The Bertz CT molecular complexity index is 503. The molecular weight excluding hydrogens is 332 g/mol. The number of ether oxygens (including phenoxy) is 1. The van der Waals surface area contributed by atoms with E-state index >= 15 is 0 Å². The number of amides is 1. The smallest absolute Gasteiger partial charge is 0.226 e. The lowest BCUT2D eigenvalue weighted by atomic mass is 10.2. The Morgan fingerprint density at radius 3 is 2.83 bits per heavy atom.